The van der Waals surface area contributed by atoms with Crippen molar-refractivity contribution in [1.82, 2.24) is 4.31 Å². The first-order valence-corrected chi connectivity index (χ1v) is 11.8. The van der Waals surface area contributed by atoms with Crippen LogP contribution < -0.4 is 15.0 Å². The first kappa shape index (κ1) is 22.4. The monoisotopic (exact) mass is 451 g/mol. The van der Waals surface area contributed by atoms with Crippen molar-refractivity contribution >= 4 is 38.9 Å². The molecule has 2 aromatic carbocycles. The third-order valence-corrected chi connectivity index (χ3v) is 6.45. The van der Waals surface area contributed by atoms with Crippen molar-refractivity contribution in [2.45, 2.75) is 13.8 Å². The van der Waals surface area contributed by atoms with Gasteiger partial charge in [-0.1, -0.05) is 17.7 Å². The number of rotatable bonds is 6. The number of aryl methyl sites for hydroxylation is 2. The van der Waals surface area contributed by atoms with Crippen molar-refractivity contribution in [3.8, 4) is 5.75 Å². The molecule has 0 radical (unpaired) electrons. The molecular formula is C21H26ClN3O4S. The van der Waals surface area contributed by atoms with E-state index in [0.717, 1.165) is 16.8 Å². The minimum absolute atomic E-state index is 0.101. The van der Waals surface area contributed by atoms with Gasteiger partial charge in [0.1, 0.15) is 5.75 Å². The highest BCUT2D eigenvalue weighted by Gasteiger charge is 2.24. The Morgan fingerprint density at radius 2 is 1.70 bits per heavy atom. The lowest BCUT2D eigenvalue weighted by Gasteiger charge is -2.35. The number of nitrogens with one attached hydrogen (secondary N) is 1. The lowest BCUT2D eigenvalue weighted by Crippen LogP contribution is -2.48. The number of benzene rings is 2. The van der Waals surface area contributed by atoms with E-state index in [1.165, 1.54) is 10.6 Å². The highest BCUT2D eigenvalue weighted by atomic mass is 35.5. The Morgan fingerprint density at radius 1 is 1.07 bits per heavy atom. The minimum atomic E-state index is -3.18. The summed E-state index contributed by atoms with van der Waals surface area (Å²) in [4.78, 5) is 14.3. The van der Waals surface area contributed by atoms with Gasteiger partial charge in [0.15, 0.2) is 6.61 Å². The number of halogens is 1. The number of piperazine rings is 1. The highest BCUT2D eigenvalue weighted by Crippen LogP contribution is 2.30. The molecule has 0 spiro atoms. The van der Waals surface area contributed by atoms with E-state index in [2.05, 4.69) is 5.32 Å². The molecular weight excluding hydrogens is 426 g/mol. The molecule has 1 aliphatic rings. The van der Waals surface area contributed by atoms with Crippen molar-refractivity contribution in [2.24, 2.45) is 0 Å². The van der Waals surface area contributed by atoms with E-state index in [-0.39, 0.29) is 12.5 Å². The van der Waals surface area contributed by atoms with Gasteiger partial charge in [0.25, 0.3) is 5.91 Å². The molecule has 0 bridgehead atoms. The van der Waals surface area contributed by atoms with Crippen LogP contribution in [0.1, 0.15) is 11.1 Å². The van der Waals surface area contributed by atoms with E-state index in [0.29, 0.717) is 42.6 Å². The predicted molar refractivity (Wildman–Crippen MR) is 120 cm³/mol. The van der Waals surface area contributed by atoms with Crippen LogP contribution in [0.3, 0.4) is 0 Å². The van der Waals surface area contributed by atoms with E-state index >= 15 is 0 Å². The van der Waals surface area contributed by atoms with Crippen LogP contribution in [-0.4, -0.2) is 57.7 Å². The SMILES string of the molecule is Cc1cc(C)cc(OCC(=O)Nc2ccc(N3CCN(S(C)(=O)=O)CC3)c(Cl)c2)c1. The minimum Gasteiger partial charge on any atom is -0.484 e. The number of carbonyl (C=O) groups excluding carboxylic acids is 1. The van der Waals surface area contributed by atoms with Gasteiger partial charge in [-0.25, -0.2) is 8.42 Å². The molecule has 0 aromatic heterocycles. The maximum atomic E-state index is 12.2. The smallest absolute Gasteiger partial charge is 0.262 e. The molecule has 1 aliphatic heterocycles. The Kier molecular flexibility index (Phi) is 6.90. The lowest BCUT2D eigenvalue weighted by molar-refractivity contribution is -0.118. The van der Waals surface area contributed by atoms with E-state index in [1.54, 1.807) is 12.1 Å². The summed E-state index contributed by atoms with van der Waals surface area (Å²) < 4.78 is 30.3. The second-order valence-corrected chi connectivity index (χ2v) is 9.87. The molecule has 0 aliphatic carbocycles. The van der Waals surface area contributed by atoms with Crippen LogP contribution in [0, 0.1) is 13.8 Å². The second-order valence-electron chi connectivity index (χ2n) is 7.48. The zero-order valence-electron chi connectivity index (χ0n) is 17.3. The maximum absolute atomic E-state index is 12.2. The molecule has 9 heteroatoms. The highest BCUT2D eigenvalue weighted by molar-refractivity contribution is 7.88. The first-order chi connectivity index (χ1) is 14.1. The Labute approximate surface area is 182 Å². The fraction of sp³-hybridized carbons (Fsp3) is 0.381. The zero-order valence-corrected chi connectivity index (χ0v) is 18.9. The number of ether oxygens (including phenoxy) is 1. The number of nitrogens with zero attached hydrogens (tertiary/aromatic N) is 2. The van der Waals surface area contributed by atoms with E-state index in [9.17, 15) is 13.2 Å². The molecule has 3 rings (SSSR count). The number of sulfonamides is 1. The number of hydrogen-bond donors (Lipinski definition) is 1. The van der Waals surface area contributed by atoms with E-state index in [4.69, 9.17) is 16.3 Å². The second kappa shape index (κ2) is 9.24. The van der Waals surface area contributed by atoms with Crippen LogP contribution in [0.15, 0.2) is 36.4 Å². The third kappa shape index (κ3) is 5.87. The Balaban J connectivity index is 1.57. The number of amides is 1. The van der Waals surface area contributed by atoms with Gasteiger partial charge in [0.2, 0.25) is 10.0 Å². The van der Waals surface area contributed by atoms with Crippen LogP contribution in [-0.2, 0) is 14.8 Å². The van der Waals surface area contributed by atoms with Crippen LogP contribution in [0.4, 0.5) is 11.4 Å². The molecule has 30 heavy (non-hydrogen) atoms. The average Bonchev–Trinajstić information content (AvgIpc) is 2.65. The topological polar surface area (TPSA) is 79.0 Å². The van der Waals surface area contributed by atoms with E-state index < -0.39 is 10.0 Å². The summed E-state index contributed by atoms with van der Waals surface area (Å²) in [6.45, 7) is 5.81. The number of anilines is 2. The van der Waals surface area contributed by atoms with Crippen LogP contribution in [0.2, 0.25) is 5.02 Å². The summed E-state index contributed by atoms with van der Waals surface area (Å²) in [7, 11) is -3.18. The fourth-order valence-corrected chi connectivity index (χ4v) is 4.59. The molecule has 0 unspecified atom stereocenters. The van der Waals surface area contributed by atoms with Crippen LogP contribution >= 0.6 is 11.6 Å². The standard InChI is InChI=1S/C21H26ClN3O4S/c1-15-10-16(2)12-18(11-15)29-14-21(26)23-17-4-5-20(19(22)13-17)24-6-8-25(9-7-24)30(3,27)28/h4-5,10-13H,6-9,14H2,1-3H3,(H,23,26). The molecule has 1 amide bonds. The molecule has 2 aromatic rings. The molecule has 1 saturated heterocycles. The number of hydrogen-bond acceptors (Lipinski definition) is 5. The summed E-state index contributed by atoms with van der Waals surface area (Å²) in [5, 5.41) is 3.28. The van der Waals surface area contributed by atoms with Gasteiger partial charge in [-0.05, 0) is 55.3 Å². The molecule has 7 nitrogen and oxygen atoms in total. The largest absolute Gasteiger partial charge is 0.484 e. The van der Waals surface area contributed by atoms with Crippen molar-refractivity contribution in [2.75, 3.05) is 49.3 Å². The maximum Gasteiger partial charge on any atom is 0.262 e. The summed E-state index contributed by atoms with van der Waals surface area (Å²) in [5.74, 6) is 0.379. The summed E-state index contributed by atoms with van der Waals surface area (Å²) in [6, 6.07) is 11.1. The molecule has 1 N–H and O–H groups in total. The van der Waals surface area contributed by atoms with Crippen molar-refractivity contribution < 1.29 is 17.9 Å². The van der Waals surface area contributed by atoms with Gasteiger partial charge in [0.05, 0.1) is 17.0 Å². The van der Waals surface area contributed by atoms with Crippen molar-refractivity contribution in [3.05, 3.63) is 52.5 Å². The Hall–Kier alpha value is -2.29. The Morgan fingerprint density at radius 3 is 2.27 bits per heavy atom. The molecule has 162 valence electrons. The van der Waals surface area contributed by atoms with Crippen molar-refractivity contribution in [1.29, 1.82) is 0 Å². The van der Waals surface area contributed by atoms with Gasteiger partial charge in [-0.15, -0.1) is 0 Å². The van der Waals surface area contributed by atoms with Crippen LogP contribution in [0.25, 0.3) is 0 Å². The van der Waals surface area contributed by atoms with Gasteiger partial charge in [0, 0.05) is 31.9 Å². The summed E-state index contributed by atoms with van der Waals surface area (Å²) >= 11 is 6.42. The van der Waals surface area contributed by atoms with Gasteiger partial charge >= 0.3 is 0 Å². The average molecular weight is 452 g/mol. The van der Waals surface area contributed by atoms with Gasteiger partial charge in [-0.3, -0.25) is 4.79 Å². The number of carbonyl (C=O) groups is 1. The third-order valence-electron chi connectivity index (χ3n) is 4.84. The quantitative estimate of drug-likeness (QED) is 0.730. The molecule has 1 heterocycles. The predicted octanol–water partition coefficient (Wildman–Crippen LogP) is 3.06. The fourth-order valence-electron chi connectivity index (χ4n) is 3.46. The molecule has 1 fully saturated rings. The van der Waals surface area contributed by atoms with Gasteiger partial charge < -0.3 is 15.0 Å². The summed E-state index contributed by atoms with van der Waals surface area (Å²) in [5.41, 5.74) is 3.54. The van der Waals surface area contributed by atoms with Crippen LogP contribution in [0.5, 0.6) is 5.75 Å². The summed E-state index contributed by atoms with van der Waals surface area (Å²) in [6.07, 6.45) is 1.22. The molecule has 0 saturated carbocycles. The van der Waals surface area contributed by atoms with Crippen molar-refractivity contribution in [3.63, 3.8) is 0 Å². The lowest BCUT2D eigenvalue weighted by atomic mass is 10.1. The zero-order chi connectivity index (χ0) is 21.9. The Bertz CT molecular complexity index is 1010. The molecule has 0 atom stereocenters. The normalized spacial score (nSPS) is 15.1. The van der Waals surface area contributed by atoms with Gasteiger partial charge in [-0.2, -0.15) is 4.31 Å². The van der Waals surface area contributed by atoms with E-state index in [1.807, 2.05) is 43.0 Å². The first-order valence-electron chi connectivity index (χ1n) is 9.62.